The summed E-state index contributed by atoms with van der Waals surface area (Å²) in [5, 5.41) is 0.493. The van der Waals surface area contributed by atoms with Gasteiger partial charge in [-0.15, -0.1) is 0 Å². The summed E-state index contributed by atoms with van der Waals surface area (Å²) in [4.78, 5) is 12.0. The topological polar surface area (TPSA) is 17.1 Å². The normalized spacial score (nSPS) is 10.7. The molecule has 1 nitrogen and oxygen atoms in total. The molecule has 19 heavy (non-hydrogen) atoms. The van der Waals surface area contributed by atoms with E-state index in [0.29, 0.717) is 11.0 Å². The highest BCUT2D eigenvalue weighted by Gasteiger charge is 2.07. The molecule has 98 valence electrons. The first kappa shape index (κ1) is 13.9. The quantitative estimate of drug-likeness (QED) is 0.734. The lowest BCUT2D eigenvalue weighted by atomic mass is 10.0. The van der Waals surface area contributed by atoms with Crippen molar-refractivity contribution in [1.82, 2.24) is 0 Å². The summed E-state index contributed by atoms with van der Waals surface area (Å²) in [5.74, 6) is 0.765. The number of hydrogen-bond donors (Lipinski definition) is 0. The molecular formula is C17H18OS. The average Bonchev–Trinajstić information content (AvgIpc) is 2.46. The minimum atomic E-state index is 0.207. The average molecular weight is 270 g/mol. The van der Waals surface area contributed by atoms with Crippen LogP contribution in [0.5, 0.6) is 0 Å². The van der Waals surface area contributed by atoms with Gasteiger partial charge in [0.15, 0.2) is 5.78 Å². The van der Waals surface area contributed by atoms with Gasteiger partial charge in [-0.1, -0.05) is 68.4 Å². The van der Waals surface area contributed by atoms with E-state index in [0.717, 1.165) is 11.1 Å². The Hall–Kier alpha value is -1.54. The van der Waals surface area contributed by atoms with Crippen molar-refractivity contribution < 1.29 is 4.79 Å². The Bertz CT molecular complexity index is 529. The maximum absolute atomic E-state index is 12.0. The van der Waals surface area contributed by atoms with Crippen LogP contribution in [0.2, 0.25) is 0 Å². The van der Waals surface area contributed by atoms with Gasteiger partial charge in [0.2, 0.25) is 0 Å². The highest BCUT2D eigenvalue weighted by Crippen LogP contribution is 2.20. The molecule has 0 saturated carbocycles. The van der Waals surface area contributed by atoms with Crippen LogP contribution in [0, 0.1) is 0 Å². The zero-order valence-corrected chi connectivity index (χ0v) is 12.1. The van der Waals surface area contributed by atoms with Gasteiger partial charge in [-0.05, 0) is 16.4 Å². The number of carbonyl (C=O) groups excluding carboxylic acids is 1. The second kappa shape index (κ2) is 6.58. The largest absolute Gasteiger partial charge is 0.293 e. The monoisotopic (exact) mass is 270 g/mol. The smallest absolute Gasteiger partial charge is 0.172 e. The highest BCUT2D eigenvalue weighted by atomic mass is 32.2. The minimum absolute atomic E-state index is 0.207. The van der Waals surface area contributed by atoms with Crippen LogP contribution in [0.1, 0.15) is 24.2 Å². The molecule has 0 unspecified atom stereocenters. The van der Waals surface area contributed by atoms with Gasteiger partial charge in [-0.2, -0.15) is 11.8 Å². The summed E-state index contributed by atoms with van der Waals surface area (Å²) in [7, 11) is 0. The Kier molecular flexibility index (Phi) is 4.80. The lowest BCUT2D eigenvalue weighted by molar-refractivity contribution is 0.102. The lowest BCUT2D eigenvalue weighted by Crippen LogP contribution is -2.04. The predicted octanol–water partition coefficient (Wildman–Crippen LogP) is 4.68. The fourth-order valence-corrected chi connectivity index (χ4v) is 2.46. The van der Waals surface area contributed by atoms with Crippen molar-refractivity contribution in [2.75, 3.05) is 5.75 Å². The number of thioether (sulfide) groups is 1. The molecule has 0 aliphatic heterocycles. The molecule has 0 N–H and O–H groups in total. The maximum atomic E-state index is 12.0. The molecule has 0 fully saturated rings. The zero-order chi connectivity index (χ0) is 13.7. The van der Waals surface area contributed by atoms with E-state index < -0.39 is 0 Å². The number of carbonyl (C=O) groups is 1. The fourth-order valence-electron chi connectivity index (χ4n) is 1.80. The van der Waals surface area contributed by atoms with Crippen molar-refractivity contribution in [2.24, 2.45) is 0 Å². The van der Waals surface area contributed by atoms with E-state index in [-0.39, 0.29) is 5.78 Å². The van der Waals surface area contributed by atoms with Crippen LogP contribution in [0.4, 0.5) is 0 Å². The predicted molar refractivity (Wildman–Crippen MR) is 83.8 cm³/mol. The van der Waals surface area contributed by atoms with E-state index >= 15 is 0 Å². The molecule has 2 rings (SSSR count). The molecule has 0 radical (unpaired) electrons. The van der Waals surface area contributed by atoms with Crippen LogP contribution >= 0.6 is 11.8 Å². The van der Waals surface area contributed by atoms with Crippen molar-refractivity contribution in [2.45, 2.75) is 19.1 Å². The molecule has 2 aromatic carbocycles. The Labute approximate surface area is 119 Å². The Morgan fingerprint density at radius 2 is 1.53 bits per heavy atom. The Morgan fingerprint density at radius 3 is 2.11 bits per heavy atom. The summed E-state index contributed by atoms with van der Waals surface area (Å²) in [6, 6.07) is 18.1. The molecule has 0 aliphatic carbocycles. The fraction of sp³-hybridized carbons (Fsp3) is 0.235. The summed E-state index contributed by atoms with van der Waals surface area (Å²) >= 11 is 1.69. The van der Waals surface area contributed by atoms with Gasteiger partial charge in [0.25, 0.3) is 0 Å². The first-order valence-corrected chi connectivity index (χ1v) is 7.52. The van der Waals surface area contributed by atoms with E-state index in [1.165, 1.54) is 5.56 Å². The van der Waals surface area contributed by atoms with E-state index in [4.69, 9.17) is 0 Å². The third-order valence-electron chi connectivity index (χ3n) is 2.86. The van der Waals surface area contributed by atoms with Gasteiger partial charge >= 0.3 is 0 Å². The minimum Gasteiger partial charge on any atom is -0.293 e. The SMILES string of the molecule is CC(C)SCC(=O)c1ccc(-c2ccccc2)cc1. The standard InChI is InChI=1S/C17H18OS/c1-13(2)19-12-17(18)16-10-8-15(9-11-16)14-6-4-3-5-7-14/h3-11,13H,12H2,1-2H3. The molecule has 0 aromatic heterocycles. The van der Waals surface area contributed by atoms with Crippen molar-refractivity contribution in [3.63, 3.8) is 0 Å². The van der Waals surface area contributed by atoms with Gasteiger partial charge in [-0.25, -0.2) is 0 Å². The molecular weight excluding hydrogens is 252 g/mol. The Balaban J connectivity index is 2.08. The summed E-state index contributed by atoms with van der Waals surface area (Å²) in [6.07, 6.45) is 0. The second-order valence-electron chi connectivity index (χ2n) is 4.73. The van der Waals surface area contributed by atoms with Crippen LogP contribution in [0.15, 0.2) is 54.6 Å². The number of hydrogen-bond acceptors (Lipinski definition) is 2. The van der Waals surface area contributed by atoms with Crippen LogP contribution in [0.25, 0.3) is 11.1 Å². The molecule has 0 bridgehead atoms. The van der Waals surface area contributed by atoms with E-state index in [2.05, 4.69) is 26.0 Å². The molecule has 0 amide bonds. The van der Waals surface area contributed by atoms with Gasteiger partial charge in [-0.3, -0.25) is 4.79 Å². The number of Topliss-reactive ketones (excluding diaryl/α,β-unsaturated/α-hetero) is 1. The van der Waals surface area contributed by atoms with Gasteiger partial charge in [0.1, 0.15) is 0 Å². The number of rotatable bonds is 5. The first-order valence-electron chi connectivity index (χ1n) is 6.47. The van der Waals surface area contributed by atoms with Crippen LogP contribution in [-0.2, 0) is 0 Å². The summed E-state index contributed by atoms with van der Waals surface area (Å²) in [5.41, 5.74) is 3.12. The van der Waals surface area contributed by atoms with Crippen molar-refractivity contribution in [3.05, 3.63) is 60.2 Å². The first-order chi connectivity index (χ1) is 9.16. The summed E-state index contributed by atoms with van der Waals surface area (Å²) in [6.45, 7) is 4.22. The van der Waals surface area contributed by atoms with Crippen molar-refractivity contribution >= 4 is 17.5 Å². The van der Waals surface area contributed by atoms with Gasteiger partial charge in [0.05, 0.1) is 5.75 Å². The van der Waals surface area contributed by atoms with Gasteiger partial charge < -0.3 is 0 Å². The van der Waals surface area contributed by atoms with Crippen LogP contribution < -0.4 is 0 Å². The summed E-state index contributed by atoms with van der Waals surface area (Å²) < 4.78 is 0. The molecule has 2 aromatic rings. The maximum Gasteiger partial charge on any atom is 0.172 e. The van der Waals surface area contributed by atoms with E-state index in [1.54, 1.807) is 11.8 Å². The van der Waals surface area contributed by atoms with Crippen molar-refractivity contribution in [1.29, 1.82) is 0 Å². The molecule has 0 aliphatic rings. The number of benzene rings is 2. The van der Waals surface area contributed by atoms with E-state index in [9.17, 15) is 4.79 Å². The van der Waals surface area contributed by atoms with Crippen LogP contribution in [-0.4, -0.2) is 16.8 Å². The molecule has 0 heterocycles. The Morgan fingerprint density at radius 1 is 0.947 bits per heavy atom. The zero-order valence-electron chi connectivity index (χ0n) is 11.3. The van der Waals surface area contributed by atoms with Crippen molar-refractivity contribution in [3.8, 4) is 11.1 Å². The van der Waals surface area contributed by atoms with Gasteiger partial charge in [0, 0.05) is 5.56 Å². The third-order valence-corrected chi connectivity index (χ3v) is 3.96. The number of ketones is 1. The molecule has 2 heteroatoms. The molecule has 0 atom stereocenters. The van der Waals surface area contributed by atoms with Crippen LogP contribution in [0.3, 0.4) is 0 Å². The third kappa shape index (κ3) is 3.97. The molecule has 0 saturated heterocycles. The molecule has 0 spiro atoms. The lowest BCUT2D eigenvalue weighted by Gasteiger charge is -2.05. The highest BCUT2D eigenvalue weighted by molar-refractivity contribution is 8.00. The van der Waals surface area contributed by atoms with E-state index in [1.807, 2.05) is 42.5 Å². The second-order valence-corrected chi connectivity index (χ2v) is 6.29.